The van der Waals surface area contributed by atoms with Gasteiger partial charge in [-0.25, -0.2) is 15.0 Å². The molecule has 4 aromatic rings. The van der Waals surface area contributed by atoms with Gasteiger partial charge in [0.05, 0.1) is 0 Å². The van der Waals surface area contributed by atoms with Crippen LogP contribution >= 0.6 is 35.3 Å². The number of hydrogen-bond donors (Lipinski definition) is 3. The summed E-state index contributed by atoms with van der Waals surface area (Å²) in [6.45, 7) is 0. The summed E-state index contributed by atoms with van der Waals surface area (Å²) < 4.78 is 0. The van der Waals surface area contributed by atoms with Crippen LogP contribution in [0, 0.1) is 0 Å². The van der Waals surface area contributed by atoms with Crippen LogP contribution in [0.25, 0.3) is 0 Å². The van der Waals surface area contributed by atoms with Crippen molar-refractivity contribution in [1.82, 2.24) is 60.5 Å². The van der Waals surface area contributed by atoms with Gasteiger partial charge >= 0.3 is 0 Å². The van der Waals surface area contributed by atoms with Crippen LogP contribution in [0.5, 0.6) is 0 Å². The molecule has 0 fully saturated rings. The molecule has 4 rings (SSSR count). The van der Waals surface area contributed by atoms with Crippen molar-refractivity contribution in [2.24, 2.45) is 0 Å². The summed E-state index contributed by atoms with van der Waals surface area (Å²) in [6, 6.07) is 0. The zero-order valence-electron chi connectivity index (χ0n) is 11.5. The quantitative estimate of drug-likeness (QED) is 0.430. The van der Waals surface area contributed by atoms with Crippen LogP contribution < -0.4 is 0 Å². The van der Waals surface area contributed by atoms with E-state index in [-0.39, 0.29) is 0 Å². The van der Waals surface area contributed by atoms with E-state index in [1.807, 2.05) is 0 Å². The number of nitrogens with one attached hydrogen (secondary N) is 3. The van der Waals surface area contributed by atoms with Gasteiger partial charge in [0.25, 0.3) is 0 Å². The van der Waals surface area contributed by atoms with Crippen LogP contribution in [0.4, 0.5) is 0 Å². The fourth-order valence-electron chi connectivity index (χ4n) is 1.45. The maximum absolute atomic E-state index is 4.38. The predicted molar refractivity (Wildman–Crippen MR) is 81.3 cm³/mol. The Morgan fingerprint density at radius 1 is 0.542 bits per heavy atom. The molecule has 0 spiro atoms. The number of aromatic nitrogens is 12. The Morgan fingerprint density at radius 3 is 1.12 bits per heavy atom. The largest absolute Gasteiger partial charge is 0.254 e. The zero-order chi connectivity index (χ0) is 16.2. The molecule has 120 valence electrons. The van der Waals surface area contributed by atoms with Crippen molar-refractivity contribution in [2.75, 3.05) is 0 Å². The molecule has 0 bridgehead atoms. The lowest BCUT2D eigenvalue weighted by atomic mass is 11.1. The van der Waals surface area contributed by atoms with E-state index in [4.69, 9.17) is 0 Å². The summed E-state index contributed by atoms with van der Waals surface area (Å²) in [5, 5.41) is 22.8. The second-order valence-corrected chi connectivity index (χ2v) is 6.73. The predicted octanol–water partition coefficient (Wildman–Crippen LogP) is 0.679. The summed E-state index contributed by atoms with van der Waals surface area (Å²) >= 11 is 3.71. The van der Waals surface area contributed by atoms with Gasteiger partial charge in [0.2, 0.25) is 0 Å². The molecule has 0 aromatic carbocycles. The Hall–Kier alpha value is -2.52. The first-order chi connectivity index (χ1) is 11.8. The van der Waals surface area contributed by atoms with Crippen molar-refractivity contribution in [3.8, 4) is 0 Å². The van der Waals surface area contributed by atoms with Gasteiger partial charge in [-0.05, 0) is 35.3 Å². The van der Waals surface area contributed by atoms with Crippen LogP contribution in [-0.2, 0) is 0 Å². The molecule has 0 aliphatic heterocycles. The Labute approximate surface area is 145 Å². The first kappa shape index (κ1) is 15.0. The van der Waals surface area contributed by atoms with E-state index in [2.05, 4.69) is 60.5 Å². The highest BCUT2D eigenvalue weighted by Gasteiger charge is 2.14. The molecule has 4 heterocycles. The molecule has 0 amide bonds. The highest BCUT2D eigenvalue weighted by atomic mass is 32.2. The minimum absolute atomic E-state index is 0.464. The summed E-state index contributed by atoms with van der Waals surface area (Å²) in [5.74, 6) is 0. The van der Waals surface area contributed by atoms with E-state index >= 15 is 0 Å². The van der Waals surface area contributed by atoms with Crippen LogP contribution in [0.3, 0.4) is 0 Å². The van der Waals surface area contributed by atoms with Crippen LogP contribution in [0.1, 0.15) is 0 Å². The maximum Gasteiger partial charge on any atom is 0.200 e. The van der Waals surface area contributed by atoms with Crippen molar-refractivity contribution in [3.05, 3.63) is 19.0 Å². The molecule has 0 unspecified atom stereocenters. The first-order valence-electron chi connectivity index (χ1n) is 6.21. The van der Waals surface area contributed by atoms with Gasteiger partial charge in [0.15, 0.2) is 30.9 Å². The molecular formula is C9H6N12S3. The van der Waals surface area contributed by atoms with Crippen LogP contribution in [0.15, 0.2) is 49.9 Å². The van der Waals surface area contributed by atoms with Gasteiger partial charge in [-0.2, -0.15) is 30.2 Å². The minimum Gasteiger partial charge on any atom is -0.254 e. The second kappa shape index (κ2) is 6.93. The van der Waals surface area contributed by atoms with E-state index in [0.29, 0.717) is 30.9 Å². The lowest BCUT2D eigenvalue weighted by molar-refractivity contribution is 0.712. The smallest absolute Gasteiger partial charge is 0.200 e. The van der Waals surface area contributed by atoms with E-state index < -0.39 is 0 Å². The number of H-pyrrole nitrogens is 3. The molecule has 3 N–H and O–H groups in total. The third-order valence-corrected chi connectivity index (χ3v) is 4.58. The summed E-state index contributed by atoms with van der Waals surface area (Å²) in [5.41, 5.74) is 0. The van der Waals surface area contributed by atoms with E-state index in [1.54, 1.807) is 0 Å². The van der Waals surface area contributed by atoms with Gasteiger partial charge in [-0.1, -0.05) is 0 Å². The molecule has 24 heavy (non-hydrogen) atoms. The zero-order valence-corrected chi connectivity index (χ0v) is 13.9. The monoisotopic (exact) mass is 378 g/mol. The average Bonchev–Trinajstić information content (AvgIpc) is 3.30. The highest BCUT2D eigenvalue weighted by molar-refractivity contribution is 8.00. The maximum atomic E-state index is 4.38. The number of nitrogens with zero attached hydrogens (tertiary/aromatic N) is 9. The van der Waals surface area contributed by atoms with E-state index in [9.17, 15) is 0 Å². The molecule has 0 saturated carbocycles. The average molecular weight is 378 g/mol. The molecular weight excluding hydrogens is 372 g/mol. The van der Waals surface area contributed by atoms with E-state index in [1.165, 1.54) is 54.3 Å². The first-order valence-corrected chi connectivity index (χ1v) is 8.66. The summed E-state index contributed by atoms with van der Waals surface area (Å²) in [4.78, 5) is 25.3. The molecule has 0 aliphatic rings. The minimum atomic E-state index is 0.464. The molecule has 0 saturated heterocycles. The van der Waals surface area contributed by atoms with Crippen molar-refractivity contribution < 1.29 is 0 Å². The lowest BCUT2D eigenvalue weighted by Gasteiger charge is -2.03. The second-order valence-electron chi connectivity index (χ2n) is 3.86. The molecule has 0 radical (unpaired) electrons. The third kappa shape index (κ3) is 3.69. The van der Waals surface area contributed by atoms with Gasteiger partial charge in [0.1, 0.15) is 19.0 Å². The molecule has 0 atom stereocenters. The fraction of sp³-hybridized carbons (Fsp3) is 0. The number of hydrogen-bond acceptors (Lipinski definition) is 12. The molecule has 0 aliphatic carbocycles. The number of rotatable bonds is 6. The van der Waals surface area contributed by atoms with Gasteiger partial charge < -0.3 is 0 Å². The highest BCUT2D eigenvalue weighted by Crippen LogP contribution is 2.29. The normalized spacial score (nSPS) is 11.0. The van der Waals surface area contributed by atoms with Crippen molar-refractivity contribution in [2.45, 2.75) is 30.9 Å². The van der Waals surface area contributed by atoms with Crippen LogP contribution in [-0.4, -0.2) is 60.5 Å². The molecule has 4 aromatic heterocycles. The Balaban J connectivity index is 1.63. The van der Waals surface area contributed by atoms with Crippen molar-refractivity contribution in [1.29, 1.82) is 0 Å². The van der Waals surface area contributed by atoms with E-state index in [0.717, 1.165) is 0 Å². The standard InChI is InChI=1S/C9H6N12S3/c1-10-4(19-13-1)22-7-16-8(23-5-11-2-14-20-5)18-9(17-7)24-6-12-3-15-21-6/h1-3H,(H,10,13,19)(H,11,14,20)(H,12,15,21). The third-order valence-electron chi connectivity index (χ3n) is 2.32. The molecule has 12 nitrogen and oxygen atoms in total. The van der Waals surface area contributed by atoms with Crippen molar-refractivity contribution in [3.63, 3.8) is 0 Å². The fourth-order valence-corrected chi connectivity index (χ4v) is 3.53. The summed E-state index contributed by atoms with van der Waals surface area (Å²) in [7, 11) is 0. The molecule has 15 heteroatoms. The van der Waals surface area contributed by atoms with Gasteiger partial charge in [0, 0.05) is 0 Å². The van der Waals surface area contributed by atoms with Gasteiger partial charge in [-0.3, -0.25) is 15.3 Å². The van der Waals surface area contributed by atoms with Crippen LogP contribution in [0.2, 0.25) is 0 Å². The topological polar surface area (TPSA) is 163 Å². The lowest BCUT2D eigenvalue weighted by Crippen LogP contribution is -1.98. The Morgan fingerprint density at radius 2 is 0.875 bits per heavy atom. The Bertz CT molecular complexity index is 758. The van der Waals surface area contributed by atoms with Crippen molar-refractivity contribution >= 4 is 35.3 Å². The Kier molecular flexibility index (Phi) is 4.34. The number of aromatic amines is 3. The summed E-state index contributed by atoms with van der Waals surface area (Å²) in [6.07, 6.45) is 4.24. The SMILES string of the molecule is c1n[nH]c(Sc2nc(Sc3ncn[nH]3)nc(Sc3ncn[nH]3)n2)n1. The van der Waals surface area contributed by atoms with Gasteiger partial charge in [-0.15, -0.1) is 0 Å².